The molecule has 0 aromatic rings. The molecule has 0 heterocycles. The van der Waals surface area contributed by atoms with Crippen LogP contribution in [-0.2, 0) is 0 Å². The predicted molar refractivity (Wildman–Crippen MR) is 44.1 cm³/mol. The van der Waals surface area contributed by atoms with Gasteiger partial charge in [0, 0.05) is 12.6 Å². The average Bonchev–Trinajstić information content (AvgIpc) is 2.73. The molecule has 0 N–H and O–H groups in total. The smallest absolute Gasteiger partial charge is 0.0271 e. The Labute approximate surface area is 64.2 Å². The molecule has 0 bridgehead atoms. The van der Waals surface area contributed by atoms with Crippen molar-refractivity contribution >= 4 is 0 Å². The second-order valence-electron chi connectivity index (χ2n) is 3.22. The van der Waals surface area contributed by atoms with Gasteiger partial charge in [-0.3, -0.25) is 0 Å². The highest BCUT2D eigenvalue weighted by Gasteiger charge is 2.29. The Morgan fingerprint density at radius 2 is 2.10 bits per heavy atom. The molecule has 1 unspecified atom stereocenters. The van der Waals surface area contributed by atoms with Crippen molar-refractivity contribution in [1.82, 2.24) is 5.32 Å². The molecule has 1 rings (SSSR count). The van der Waals surface area contributed by atoms with Crippen molar-refractivity contribution in [3.05, 3.63) is 0 Å². The Kier molecular flexibility index (Phi) is 3.20. The molecule has 1 heteroatoms. The third kappa shape index (κ3) is 2.30. The van der Waals surface area contributed by atoms with Gasteiger partial charge < -0.3 is 0 Å². The summed E-state index contributed by atoms with van der Waals surface area (Å²) in [6.45, 7) is 5.53. The van der Waals surface area contributed by atoms with E-state index in [4.69, 9.17) is 0 Å². The lowest BCUT2D eigenvalue weighted by Crippen LogP contribution is -2.23. The summed E-state index contributed by atoms with van der Waals surface area (Å²) in [7, 11) is 0. The van der Waals surface area contributed by atoms with Crippen molar-refractivity contribution in [3.63, 3.8) is 0 Å². The molecule has 1 atom stereocenters. The first-order chi connectivity index (χ1) is 4.88. The number of rotatable bonds is 5. The maximum absolute atomic E-state index is 4.62. The molecule has 0 aromatic heterocycles. The fourth-order valence-corrected chi connectivity index (χ4v) is 1.39. The van der Waals surface area contributed by atoms with Crippen molar-refractivity contribution in [3.8, 4) is 0 Å². The highest BCUT2D eigenvalue weighted by Crippen LogP contribution is 2.34. The topological polar surface area (TPSA) is 14.1 Å². The molecule has 1 nitrogen and oxygen atoms in total. The highest BCUT2D eigenvalue weighted by molar-refractivity contribution is 4.84. The van der Waals surface area contributed by atoms with Gasteiger partial charge in [0.25, 0.3) is 0 Å². The molecule has 10 heavy (non-hydrogen) atoms. The summed E-state index contributed by atoms with van der Waals surface area (Å²) < 4.78 is 0. The third-order valence-electron chi connectivity index (χ3n) is 2.17. The second kappa shape index (κ2) is 3.97. The van der Waals surface area contributed by atoms with Gasteiger partial charge in [-0.25, -0.2) is 5.32 Å². The van der Waals surface area contributed by atoms with Crippen LogP contribution in [0.2, 0.25) is 0 Å². The Morgan fingerprint density at radius 1 is 1.40 bits per heavy atom. The molecule has 0 spiro atoms. The SMILES string of the molecule is CCC[N]C(CC)C1CC1. The van der Waals surface area contributed by atoms with E-state index >= 15 is 0 Å². The van der Waals surface area contributed by atoms with E-state index in [1.54, 1.807) is 0 Å². The van der Waals surface area contributed by atoms with Crippen LogP contribution in [-0.4, -0.2) is 12.6 Å². The lowest BCUT2D eigenvalue weighted by Gasteiger charge is -2.12. The molecule has 0 aliphatic heterocycles. The zero-order chi connectivity index (χ0) is 7.40. The maximum Gasteiger partial charge on any atom is 0.0271 e. The Balaban J connectivity index is 2.07. The highest BCUT2D eigenvalue weighted by atomic mass is 14.9. The minimum atomic E-state index is 0.708. The summed E-state index contributed by atoms with van der Waals surface area (Å²) in [6, 6.07) is 0.708. The summed E-state index contributed by atoms with van der Waals surface area (Å²) in [5.41, 5.74) is 0. The number of hydrogen-bond donors (Lipinski definition) is 0. The summed E-state index contributed by atoms with van der Waals surface area (Å²) in [5.74, 6) is 0.969. The largest absolute Gasteiger partial charge is 0.238 e. The molecule has 1 fully saturated rings. The van der Waals surface area contributed by atoms with E-state index in [1.165, 1.54) is 25.7 Å². The zero-order valence-corrected chi connectivity index (χ0v) is 7.14. The van der Waals surface area contributed by atoms with Crippen molar-refractivity contribution in [2.45, 2.75) is 45.6 Å². The van der Waals surface area contributed by atoms with Gasteiger partial charge in [0.2, 0.25) is 0 Å². The van der Waals surface area contributed by atoms with E-state index in [-0.39, 0.29) is 0 Å². The zero-order valence-electron chi connectivity index (χ0n) is 7.14. The number of hydrogen-bond acceptors (Lipinski definition) is 0. The third-order valence-corrected chi connectivity index (χ3v) is 2.17. The van der Waals surface area contributed by atoms with Crippen LogP contribution in [0.4, 0.5) is 0 Å². The Hall–Kier alpha value is -0.0400. The van der Waals surface area contributed by atoms with Gasteiger partial charge in [-0.05, 0) is 31.6 Å². The van der Waals surface area contributed by atoms with Gasteiger partial charge >= 0.3 is 0 Å². The van der Waals surface area contributed by atoms with Gasteiger partial charge in [-0.15, -0.1) is 0 Å². The molecule has 0 amide bonds. The van der Waals surface area contributed by atoms with Crippen molar-refractivity contribution in [1.29, 1.82) is 0 Å². The molecule has 59 valence electrons. The first-order valence-corrected chi connectivity index (χ1v) is 4.55. The van der Waals surface area contributed by atoms with E-state index in [2.05, 4.69) is 19.2 Å². The molecule has 1 saturated carbocycles. The van der Waals surface area contributed by atoms with Crippen molar-refractivity contribution in [2.75, 3.05) is 6.54 Å². The fraction of sp³-hybridized carbons (Fsp3) is 1.00. The minimum absolute atomic E-state index is 0.708. The molecule has 1 aliphatic rings. The lowest BCUT2D eigenvalue weighted by atomic mass is 10.1. The molecule has 0 aromatic carbocycles. The van der Waals surface area contributed by atoms with Crippen molar-refractivity contribution in [2.24, 2.45) is 5.92 Å². The second-order valence-corrected chi connectivity index (χ2v) is 3.22. The Morgan fingerprint density at radius 3 is 2.50 bits per heavy atom. The Bertz CT molecular complexity index is 86.7. The first-order valence-electron chi connectivity index (χ1n) is 4.55. The summed E-state index contributed by atoms with van der Waals surface area (Å²) in [4.78, 5) is 0. The van der Waals surface area contributed by atoms with Crippen LogP contribution in [0.1, 0.15) is 39.5 Å². The maximum atomic E-state index is 4.62. The molecular weight excluding hydrogens is 122 g/mol. The minimum Gasteiger partial charge on any atom is -0.238 e. The summed E-state index contributed by atoms with van der Waals surface area (Å²) in [6.07, 6.45) is 5.34. The van der Waals surface area contributed by atoms with Crippen molar-refractivity contribution < 1.29 is 0 Å². The van der Waals surface area contributed by atoms with Crippen LogP contribution < -0.4 is 5.32 Å². The van der Waals surface area contributed by atoms with E-state index in [0.29, 0.717) is 6.04 Å². The van der Waals surface area contributed by atoms with Gasteiger partial charge in [0.1, 0.15) is 0 Å². The van der Waals surface area contributed by atoms with E-state index in [1.807, 2.05) is 0 Å². The van der Waals surface area contributed by atoms with E-state index < -0.39 is 0 Å². The summed E-state index contributed by atoms with van der Waals surface area (Å²) in [5, 5.41) is 4.62. The van der Waals surface area contributed by atoms with Crippen LogP contribution in [0.5, 0.6) is 0 Å². The molecule has 0 saturated heterocycles. The predicted octanol–water partition coefficient (Wildman–Crippen LogP) is 2.19. The van der Waals surface area contributed by atoms with Gasteiger partial charge in [0.15, 0.2) is 0 Å². The van der Waals surface area contributed by atoms with E-state index in [9.17, 15) is 0 Å². The fourth-order valence-electron chi connectivity index (χ4n) is 1.39. The summed E-state index contributed by atoms with van der Waals surface area (Å²) >= 11 is 0. The van der Waals surface area contributed by atoms with E-state index in [0.717, 1.165) is 12.5 Å². The van der Waals surface area contributed by atoms with Crippen LogP contribution >= 0.6 is 0 Å². The van der Waals surface area contributed by atoms with Gasteiger partial charge in [-0.1, -0.05) is 13.8 Å². The monoisotopic (exact) mass is 140 g/mol. The molecular formula is C9H18N. The van der Waals surface area contributed by atoms with Crippen LogP contribution in [0.25, 0.3) is 0 Å². The van der Waals surface area contributed by atoms with Gasteiger partial charge in [-0.2, -0.15) is 0 Å². The lowest BCUT2D eigenvalue weighted by molar-refractivity contribution is 0.441. The number of nitrogens with zero attached hydrogens (tertiary/aromatic N) is 1. The first kappa shape index (κ1) is 8.06. The molecule has 1 aliphatic carbocycles. The van der Waals surface area contributed by atoms with Crippen LogP contribution in [0, 0.1) is 5.92 Å². The quantitative estimate of drug-likeness (QED) is 0.556. The normalized spacial score (nSPS) is 21.0. The van der Waals surface area contributed by atoms with Crippen LogP contribution in [0.3, 0.4) is 0 Å². The van der Waals surface area contributed by atoms with Gasteiger partial charge in [0.05, 0.1) is 0 Å². The molecule has 1 radical (unpaired) electrons. The average molecular weight is 140 g/mol. The standard InChI is InChI=1S/C9H18N/c1-3-7-10-9(4-2)8-5-6-8/h8-9H,3-7H2,1-2H3. The van der Waals surface area contributed by atoms with Crippen LogP contribution in [0.15, 0.2) is 0 Å².